The highest BCUT2D eigenvalue weighted by Gasteiger charge is 2.04. The van der Waals surface area contributed by atoms with Gasteiger partial charge >= 0.3 is 0 Å². The second kappa shape index (κ2) is 5.46. The van der Waals surface area contributed by atoms with E-state index in [0.717, 1.165) is 16.8 Å². The molecule has 0 saturated heterocycles. The molecule has 0 saturated carbocycles. The molecule has 0 radical (unpaired) electrons. The molecule has 0 aliphatic rings. The summed E-state index contributed by atoms with van der Waals surface area (Å²) < 4.78 is 1.75. The Hall–Kier alpha value is -2.14. The van der Waals surface area contributed by atoms with Crippen molar-refractivity contribution in [2.24, 2.45) is 7.05 Å². The van der Waals surface area contributed by atoms with Crippen LogP contribution in [0, 0.1) is 0 Å². The van der Waals surface area contributed by atoms with Gasteiger partial charge in [-0.25, -0.2) is 0 Å². The fourth-order valence-corrected chi connectivity index (χ4v) is 1.71. The first-order valence-electron chi connectivity index (χ1n) is 5.72. The van der Waals surface area contributed by atoms with Crippen LogP contribution in [0.15, 0.2) is 36.7 Å². The molecule has 0 atom stereocenters. The highest BCUT2D eigenvalue weighted by Crippen LogP contribution is 2.21. The zero-order chi connectivity index (χ0) is 13.0. The number of hydrogen-bond acceptors (Lipinski definition) is 3. The minimum Gasteiger partial charge on any atom is -0.325 e. The molecule has 2 aromatic rings. The molecule has 18 heavy (non-hydrogen) atoms. The molecule has 1 aromatic carbocycles. The van der Waals surface area contributed by atoms with Crippen LogP contribution in [0.4, 0.5) is 5.69 Å². The van der Waals surface area contributed by atoms with Gasteiger partial charge in [0.1, 0.15) is 0 Å². The number of carbonyl (C=O) groups excluding carboxylic acids is 1. The van der Waals surface area contributed by atoms with Gasteiger partial charge in [-0.05, 0) is 24.7 Å². The lowest BCUT2D eigenvalue weighted by molar-refractivity contribution is -0.115. The summed E-state index contributed by atoms with van der Waals surface area (Å²) in [5, 5.41) is 9.78. The topological polar surface area (TPSA) is 59.0 Å². The normalized spacial score (nSPS) is 10.3. The summed E-state index contributed by atoms with van der Waals surface area (Å²) in [6.45, 7) is 0.303. The van der Waals surface area contributed by atoms with Crippen LogP contribution in [0.1, 0.15) is 0 Å². The zero-order valence-electron chi connectivity index (χ0n) is 10.5. The summed E-state index contributed by atoms with van der Waals surface area (Å²) in [7, 11) is 3.62. The fraction of sp³-hybridized carbons (Fsp3) is 0.231. The molecule has 0 bridgehead atoms. The Morgan fingerprint density at radius 2 is 2.22 bits per heavy atom. The highest BCUT2D eigenvalue weighted by atomic mass is 16.1. The van der Waals surface area contributed by atoms with E-state index in [0.29, 0.717) is 6.54 Å². The number of aryl methyl sites for hydroxylation is 1. The first-order chi connectivity index (χ1) is 8.69. The van der Waals surface area contributed by atoms with E-state index >= 15 is 0 Å². The largest absolute Gasteiger partial charge is 0.325 e. The van der Waals surface area contributed by atoms with Crippen molar-refractivity contribution < 1.29 is 4.79 Å². The van der Waals surface area contributed by atoms with Gasteiger partial charge < -0.3 is 10.6 Å². The Morgan fingerprint density at radius 3 is 2.89 bits per heavy atom. The molecule has 0 aliphatic carbocycles. The minimum atomic E-state index is -0.0548. The van der Waals surface area contributed by atoms with Crippen molar-refractivity contribution in [3.8, 4) is 11.1 Å². The number of anilines is 1. The van der Waals surface area contributed by atoms with Crippen molar-refractivity contribution in [2.75, 3.05) is 18.9 Å². The number of amides is 1. The lowest BCUT2D eigenvalue weighted by Crippen LogP contribution is -2.24. The Morgan fingerprint density at radius 1 is 1.39 bits per heavy atom. The maximum atomic E-state index is 11.5. The lowest BCUT2D eigenvalue weighted by Gasteiger charge is -2.06. The van der Waals surface area contributed by atoms with Gasteiger partial charge in [0.15, 0.2) is 0 Å². The average Bonchev–Trinajstić information content (AvgIpc) is 2.76. The molecule has 0 aliphatic heterocycles. The number of rotatable bonds is 4. The van der Waals surface area contributed by atoms with Crippen molar-refractivity contribution >= 4 is 11.6 Å². The van der Waals surface area contributed by atoms with Gasteiger partial charge in [-0.2, -0.15) is 5.10 Å². The molecule has 1 amide bonds. The lowest BCUT2D eigenvalue weighted by atomic mass is 10.1. The van der Waals surface area contributed by atoms with E-state index in [2.05, 4.69) is 15.7 Å². The molecule has 2 N–H and O–H groups in total. The Labute approximate surface area is 106 Å². The predicted molar refractivity (Wildman–Crippen MR) is 71.2 cm³/mol. The quantitative estimate of drug-likeness (QED) is 0.851. The number of benzene rings is 1. The van der Waals surface area contributed by atoms with Crippen molar-refractivity contribution in [2.45, 2.75) is 0 Å². The molecule has 5 heteroatoms. The van der Waals surface area contributed by atoms with Crippen LogP contribution in [0.2, 0.25) is 0 Å². The van der Waals surface area contributed by atoms with E-state index in [1.807, 2.05) is 37.5 Å². The van der Waals surface area contributed by atoms with E-state index in [-0.39, 0.29) is 5.91 Å². The third kappa shape index (κ3) is 2.95. The number of aromatic nitrogens is 2. The number of carbonyl (C=O) groups is 1. The third-order valence-corrected chi connectivity index (χ3v) is 2.52. The smallest absolute Gasteiger partial charge is 0.238 e. The van der Waals surface area contributed by atoms with Gasteiger partial charge in [-0.1, -0.05) is 12.1 Å². The molecule has 1 heterocycles. The number of likely N-dealkylation sites (N-methyl/N-ethyl adjacent to an activating group) is 1. The Balaban J connectivity index is 2.17. The average molecular weight is 244 g/mol. The van der Waals surface area contributed by atoms with Crippen molar-refractivity contribution in [3.63, 3.8) is 0 Å². The molecule has 0 unspecified atom stereocenters. The van der Waals surface area contributed by atoms with Crippen LogP contribution >= 0.6 is 0 Å². The monoisotopic (exact) mass is 244 g/mol. The maximum absolute atomic E-state index is 11.5. The van der Waals surface area contributed by atoms with E-state index in [9.17, 15) is 4.79 Å². The summed E-state index contributed by atoms with van der Waals surface area (Å²) in [6, 6.07) is 7.71. The summed E-state index contributed by atoms with van der Waals surface area (Å²) in [4.78, 5) is 11.5. The second-order valence-corrected chi connectivity index (χ2v) is 4.06. The van der Waals surface area contributed by atoms with Crippen molar-refractivity contribution in [1.82, 2.24) is 15.1 Å². The van der Waals surface area contributed by atoms with Gasteiger partial charge in [0.25, 0.3) is 0 Å². The first-order valence-corrected chi connectivity index (χ1v) is 5.72. The van der Waals surface area contributed by atoms with E-state index in [1.165, 1.54) is 0 Å². The van der Waals surface area contributed by atoms with Crippen LogP contribution < -0.4 is 10.6 Å². The minimum absolute atomic E-state index is 0.0548. The maximum Gasteiger partial charge on any atom is 0.238 e. The molecule has 2 rings (SSSR count). The SMILES string of the molecule is CNCC(=O)Nc1cccc(-c2cnn(C)c2)c1. The molecule has 5 nitrogen and oxygen atoms in total. The van der Waals surface area contributed by atoms with E-state index in [1.54, 1.807) is 17.9 Å². The number of nitrogens with one attached hydrogen (secondary N) is 2. The third-order valence-electron chi connectivity index (χ3n) is 2.52. The van der Waals surface area contributed by atoms with Crippen LogP contribution in [0.3, 0.4) is 0 Å². The summed E-state index contributed by atoms with van der Waals surface area (Å²) in [5.74, 6) is -0.0548. The van der Waals surface area contributed by atoms with Crippen LogP contribution in [-0.4, -0.2) is 29.3 Å². The summed E-state index contributed by atoms with van der Waals surface area (Å²) >= 11 is 0. The van der Waals surface area contributed by atoms with Crippen molar-refractivity contribution in [3.05, 3.63) is 36.7 Å². The Bertz CT molecular complexity index is 547. The van der Waals surface area contributed by atoms with Gasteiger partial charge in [-0.3, -0.25) is 9.48 Å². The van der Waals surface area contributed by atoms with Crippen LogP contribution in [0.5, 0.6) is 0 Å². The Kier molecular flexibility index (Phi) is 3.74. The molecular weight excluding hydrogens is 228 g/mol. The van der Waals surface area contributed by atoms with Crippen LogP contribution in [-0.2, 0) is 11.8 Å². The number of hydrogen-bond donors (Lipinski definition) is 2. The summed E-state index contributed by atoms with van der Waals surface area (Å²) in [6.07, 6.45) is 3.74. The van der Waals surface area contributed by atoms with E-state index in [4.69, 9.17) is 0 Å². The van der Waals surface area contributed by atoms with Gasteiger partial charge in [0, 0.05) is 24.5 Å². The number of nitrogens with zero attached hydrogens (tertiary/aromatic N) is 2. The van der Waals surface area contributed by atoms with E-state index < -0.39 is 0 Å². The first kappa shape index (κ1) is 12.3. The highest BCUT2D eigenvalue weighted by molar-refractivity contribution is 5.92. The predicted octanol–water partition coefficient (Wildman–Crippen LogP) is 1.24. The van der Waals surface area contributed by atoms with Gasteiger partial charge in [-0.15, -0.1) is 0 Å². The molecular formula is C13H16N4O. The standard InChI is InChI=1S/C13H16N4O/c1-14-8-13(18)16-12-5-3-4-10(6-12)11-7-15-17(2)9-11/h3-7,9,14H,8H2,1-2H3,(H,16,18). The second-order valence-electron chi connectivity index (χ2n) is 4.06. The fourth-order valence-electron chi connectivity index (χ4n) is 1.71. The summed E-state index contributed by atoms with van der Waals surface area (Å²) in [5.41, 5.74) is 2.85. The molecule has 94 valence electrons. The zero-order valence-corrected chi connectivity index (χ0v) is 10.5. The molecule has 0 fully saturated rings. The van der Waals surface area contributed by atoms with Gasteiger partial charge in [0.2, 0.25) is 5.91 Å². The van der Waals surface area contributed by atoms with Gasteiger partial charge in [0.05, 0.1) is 12.7 Å². The molecule has 1 aromatic heterocycles. The van der Waals surface area contributed by atoms with Crippen LogP contribution in [0.25, 0.3) is 11.1 Å². The molecule has 0 spiro atoms. The van der Waals surface area contributed by atoms with Crippen molar-refractivity contribution in [1.29, 1.82) is 0 Å².